The van der Waals surface area contributed by atoms with E-state index in [1.165, 1.54) is 27.8 Å². The summed E-state index contributed by atoms with van der Waals surface area (Å²) in [4.78, 5) is 12.4. The monoisotopic (exact) mass is 396 g/mol. The highest BCUT2D eigenvalue weighted by molar-refractivity contribution is 7.91. The molecule has 8 heteroatoms. The second-order valence-corrected chi connectivity index (χ2v) is 9.41. The van der Waals surface area contributed by atoms with Crippen LogP contribution in [0.25, 0.3) is 0 Å². The van der Waals surface area contributed by atoms with Crippen LogP contribution in [0.1, 0.15) is 18.4 Å². The minimum atomic E-state index is -3.52. The van der Waals surface area contributed by atoms with Gasteiger partial charge < -0.3 is 5.32 Å². The van der Waals surface area contributed by atoms with Crippen molar-refractivity contribution in [3.63, 3.8) is 0 Å². The summed E-state index contributed by atoms with van der Waals surface area (Å²) in [6.07, 6.45) is 1.95. The number of piperidine rings is 1. The maximum Gasteiger partial charge on any atom is 0.252 e. The average Bonchev–Trinajstić information content (AvgIpc) is 3.19. The molecule has 1 aromatic carbocycles. The molecule has 0 unspecified atom stereocenters. The predicted molar refractivity (Wildman–Crippen MR) is 98.9 cm³/mol. The van der Waals surface area contributed by atoms with Gasteiger partial charge in [-0.25, -0.2) is 12.8 Å². The van der Waals surface area contributed by atoms with Crippen LogP contribution in [-0.4, -0.2) is 38.3 Å². The number of carbonyl (C=O) groups excluding carboxylic acids is 1. The third-order valence-electron chi connectivity index (χ3n) is 4.47. The van der Waals surface area contributed by atoms with E-state index in [1.807, 2.05) is 0 Å². The standard InChI is InChI=1S/C18H21FN2O3S2/c19-16-7-5-14(6-8-16)9-10-20-18(22)15-3-1-11-21(13-15)26(23,24)17-4-2-12-25-17/h2,4-8,12,15H,1,3,9-11,13H2,(H,20,22)/t15-/m0/s1. The van der Waals surface area contributed by atoms with E-state index in [0.29, 0.717) is 36.6 Å². The quantitative estimate of drug-likeness (QED) is 0.816. The molecule has 1 aromatic heterocycles. The first-order chi connectivity index (χ1) is 12.5. The van der Waals surface area contributed by atoms with Gasteiger partial charge in [-0.15, -0.1) is 11.3 Å². The van der Waals surface area contributed by atoms with Crippen molar-refractivity contribution in [3.8, 4) is 0 Å². The highest BCUT2D eigenvalue weighted by Gasteiger charge is 2.33. The van der Waals surface area contributed by atoms with E-state index in [1.54, 1.807) is 29.6 Å². The van der Waals surface area contributed by atoms with Crippen LogP contribution < -0.4 is 5.32 Å². The zero-order chi connectivity index (χ0) is 18.6. The van der Waals surface area contributed by atoms with Crippen molar-refractivity contribution >= 4 is 27.3 Å². The topological polar surface area (TPSA) is 66.5 Å². The number of thiophene rings is 1. The van der Waals surface area contributed by atoms with Gasteiger partial charge in [0.1, 0.15) is 10.0 Å². The number of nitrogens with zero attached hydrogens (tertiary/aromatic N) is 1. The highest BCUT2D eigenvalue weighted by Crippen LogP contribution is 2.26. The van der Waals surface area contributed by atoms with Crippen molar-refractivity contribution in [2.75, 3.05) is 19.6 Å². The first kappa shape index (κ1) is 19.0. The van der Waals surface area contributed by atoms with E-state index >= 15 is 0 Å². The van der Waals surface area contributed by atoms with Crippen LogP contribution >= 0.6 is 11.3 Å². The Bertz CT molecular complexity index is 836. The number of nitrogens with one attached hydrogen (secondary N) is 1. The average molecular weight is 397 g/mol. The molecule has 1 N–H and O–H groups in total. The summed E-state index contributed by atoms with van der Waals surface area (Å²) in [5.41, 5.74) is 0.942. The Balaban J connectivity index is 1.54. The van der Waals surface area contributed by atoms with Gasteiger partial charge in [-0.3, -0.25) is 4.79 Å². The first-order valence-electron chi connectivity index (χ1n) is 8.52. The maximum absolute atomic E-state index is 12.9. The minimum Gasteiger partial charge on any atom is -0.355 e. The predicted octanol–water partition coefficient (Wildman–Crippen LogP) is 2.65. The van der Waals surface area contributed by atoms with Gasteiger partial charge in [0.05, 0.1) is 5.92 Å². The maximum atomic E-state index is 12.9. The van der Waals surface area contributed by atoms with Crippen molar-refractivity contribution in [2.45, 2.75) is 23.5 Å². The molecule has 2 heterocycles. The lowest BCUT2D eigenvalue weighted by Gasteiger charge is -2.30. The van der Waals surface area contributed by atoms with Gasteiger partial charge in [-0.05, 0) is 48.4 Å². The highest BCUT2D eigenvalue weighted by atomic mass is 32.2. The molecule has 2 aromatic rings. The Morgan fingerprint density at radius 2 is 2.04 bits per heavy atom. The Hall–Kier alpha value is -1.77. The van der Waals surface area contributed by atoms with Crippen LogP contribution in [0, 0.1) is 11.7 Å². The number of hydrogen-bond acceptors (Lipinski definition) is 4. The normalized spacial score (nSPS) is 18.6. The van der Waals surface area contributed by atoms with Gasteiger partial charge in [-0.1, -0.05) is 18.2 Å². The fraction of sp³-hybridized carbons (Fsp3) is 0.389. The SMILES string of the molecule is O=C(NCCc1ccc(F)cc1)[C@H]1CCCN(S(=O)(=O)c2cccs2)C1. The van der Waals surface area contributed by atoms with Crippen LogP contribution in [0.3, 0.4) is 0 Å². The molecule has 1 fully saturated rings. The number of hydrogen-bond donors (Lipinski definition) is 1. The zero-order valence-corrected chi connectivity index (χ0v) is 15.9. The molecule has 3 rings (SSSR count). The smallest absolute Gasteiger partial charge is 0.252 e. The summed E-state index contributed by atoms with van der Waals surface area (Å²) in [7, 11) is -3.52. The molecular formula is C18H21FN2O3S2. The Morgan fingerprint density at radius 1 is 1.27 bits per heavy atom. The largest absolute Gasteiger partial charge is 0.355 e. The number of benzene rings is 1. The first-order valence-corrected chi connectivity index (χ1v) is 10.8. The van der Waals surface area contributed by atoms with Gasteiger partial charge in [0.25, 0.3) is 10.0 Å². The minimum absolute atomic E-state index is 0.127. The molecule has 0 saturated carbocycles. The van der Waals surface area contributed by atoms with Crippen LogP contribution in [0.15, 0.2) is 46.0 Å². The van der Waals surface area contributed by atoms with Gasteiger partial charge in [0.2, 0.25) is 5.91 Å². The second-order valence-electron chi connectivity index (χ2n) is 6.30. The fourth-order valence-electron chi connectivity index (χ4n) is 3.04. The Labute approximate surface area is 156 Å². The molecule has 1 amide bonds. The van der Waals surface area contributed by atoms with Gasteiger partial charge in [0.15, 0.2) is 0 Å². The molecule has 1 aliphatic heterocycles. The number of rotatable bonds is 6. The van der Waals surface area contributed by atoms with Crippen molar-refractivity contribution in [2.24, 2.45) is 5.92 Å². The molecule has 1 saturated heterocycles. The summed E-state index contributed by atoms with van der Waals surface area (Å²) in [5.74, 6) is -0.753. The van der Waals surface area contributed by atoms with E-state index in [4.69, 9.17) is 0 Å². The molecule has 5 nitrogen and oxygen atoms in total. The van der Waals surface area contributed by atoms with Crippen molar-refractivity contribution < 1.29 is 17.6 Å². The molecule has 0 bridgehead atoms. The van der Waals surface area contributed by atoms with Crippen LogP contribution in [0.5, 0.6) is 0 Å². The number of amides is 1. The summed E-state index contributed by atoms with van der Waals surface area (Å²) < 4.78 is 39.9. The van der Waals surface area contributed by atoms with Gasteiger partial charge in [0, 0.05) is 19.6 Å². The Morgan fingerprint density at radius 3 is 2.73 bits per heavy atom. The van der Waals surface area contributed by atoms with E-state index < -0.39 is 10.0 Å². The molecule has 26 heavy (non-hydrogen) atoms. The van der Waals surface area contributed by atoms with Crippen molar-refractivity contribution in [3.05, 3.63) is 53.2 Å². The van der Waals surface area contributed by atoms with E-state index in [9.17, 15) is 17.6 Å². The third-order valence-corrected chi connectivity index (χ3v) is 7.71. The van der Waals surface area contributed by atoms with Crippen LogP contribution in [0.4, 0.5) is 4.39 Å². The number of carbonyl (C=O) groups is 1. The molecular weight excluding hydrogens is 375 g/mol. The van der Waals surface area contributed by atoms with E-state index in [-0.39, 0.29) is 24.2 Å². The van der Waals surface area contributed by atoms with E-state index in [2.05, 4.69) is 5.32 Å². The summed E-state index contributed by atoms with van der Waals surface area (Å²) in [6, 6.07) is 9.47. The summed E-state index contributed by atoms with van der Waals surface area (Å²) in [6.45, 7) is 1.10. The lowest BCUT2D eigenvalue weighted by atomic mass is 9.99. The van der Waals surface area contributed by atoms with Crippen LogP contribution in [-0.2, 0) is 21.2 Å². The summed E-state index contributed by atoms with van der Waals surface area (Å²) in [5, 5.41) is 4.60. The second kappa shape index (κ2) is 8.28. The van der Waals surface area contributed by atoms with Crippen LogP contribution in [0.2, 0.25) is 0 Å². The van der Waals surface area contributed by atoms with Gasteiger partial charge >= 0.3 is 0 Å². The third kappa shape index (κ3) is 4.49. The lowest BCUT2D eigenvalue weighted by molar-refractivity contribution is -0.126. The lowest BCUT2D eigenvalue weighted by Crippen LogP contribution is -2.45. The zero-order valence-electron chi connectivity index (χ0n) is 14.2. The number of halogens is 1. The van der Waals surface area contributed by atoms with Crippen molar-refractivity contribution in [1.29, 1.82) is 0 Å². The molecule has 140 valence electrons. The molecule has 1 aliphatic rings. The van der Waals surface area contributed by atoms with E-state index in [0.717, 1.165) is 5.56 Å². The molecule has 1 atom stereocenters. The summed E-state index contributed by atoms with van der Waals surface area (Å²) >= 11 is 1.19. The fourth-order valence-corrected chi connectivity index (χ4v) is 5.71. The molecule has 0 radical (unpaired) electrons. The van der Waals surface area contributed by atoms with Gasteiger partial charge in [-0.2, -0.15) is 4.31 Å². The molecule has 0 spiro atoms. The van der Waals surface area contributed by atoms with Crippen molar-refractivity contribution in [1.82, 2.24) is 9.62 Å². The Kier molecular flexibility index (Phi) is 6.05. The molecule has 0 aliphatic carbocycles. The number of sulfonamides is 1.